The lowest BCUT2D eigenvalue weighted by atomic mass is 10.1. The molecule has 0 saturated heterocycles. The van der Waals surface area contributed by atoms with Crippen LogP contribution in [0.2, 0.25) is 0 Å². The summed E-state index contributed by atoms with van der Waals surface area (Å²) in [6.07, 6.45) is 2.20. The van der Waals surface area contributed by atoms with E-state index in [9.17, 15) is 9.59 Å². The zero-order chi connectivity index (χ0) is 23.5. The number of anilines is 2. The molecule has 4 aromatic rings. The Bertz CT molecular complexity index is 1420. The maximum Gasteiger partial charge on any atom is 0.256 e. The van der Waals surface area contributed by atoms with Crippen molar-refractivity contribution >= 4 is 55.2 Å². The van der Waals surface area contributed by atoms with Crippen LogP contribution in [-0.4, -0.2) is 31.6 Å². The molecule has 5 rings (SSSR count). The van der Waals surface area contributed by atoms with E-state index in [0.29, 0.717) is 22.3 Å². The fourth-order valence-electron chi connectivity index (χ4n) is 3.95. The number of hydrogen-bond acceptors (Lipinski definition) is 6. The molecule has 1 aliphatic carbocycles. The average molecular weight is 463 g/mol. The summed E-state index contributed by atoms with van der Waals surface area (Å²) in [4.78, 5) is 34.1. The predicted octanol–water partition coefficient (Wildman–Crippen LogP) is 5.19. The molecule has 2 amide bonds. The Labute approximate surface area is 195 Å². The summed E-state index contributed by atoms with van der Waals surface area (Å²) >= 11 is 1.37. The highest BCUT2D eigenvalue weighted by atomic mass is 32.1. The minimum absolute atomic E-state index is 0.165. The van der Waals surface area contributed by atoms with Gasteiger partial charge in [0.05, 0.1) is 32.4 Å². The first kappa shape index (κ1) is 21.5. The second-order valence-corrected chi connectivity index (χ2v) is 10.6. The first-order valence-corrected chi connectivity index (χ1v) is 11.8. The highest BCUT2D eigenvalue weighted by Crippen LogP contribution is 2.41. The van der Waals surface area contributed by atoms with Crippen molar-refractivity contribution in [3.8, 4) is 0 Å². The van der Waals surface area contributed by atoms with Gasteiger partial charge in [-0.15, -0.1) is 0 Å². The fourth-order valence-corrected chi connectivity index (χ4v) is 4.90. The molecule has 170 valence electrons. The number of nitrogens with one attached hydrogen (secondary N) is 2. The van der Waals surface area contributed by atoms with E-state index < -0.39 is 0 Å². The Morgan fingerprint density at radius 2 is 1.88 bits per heavy atom. The van der Waals surface area contributed by atoms with Gasteiger partial charge in [-0.25, -0.2) is 14.6 Å². The molecule has 2 N–H and O–H groups in total. The number of carbonyl (C=O) groups excluding carboxylic acids is 2. The van der Waals surface area contributed by atoms with Gasteiger partial charge < -0.3 is 10.6 Å². The van der Waals surface area contributed by atoms with Gasteiger partial charge in [0.1, 0.15) is 0 Å². The Morgan fingerprint density at radius 3 is 2.55 bits per heavy atom. The Balaban J connectivity index is 1.54. The number of thiazole rings is 1. The topological polar surface area (TPSA) is 102 Å². The lowest BCUT2D eigenvalue weighted by molar-refractivity contribution is -0.114. The number of aromatic nitrogens is 4. The maximum absolute atomic E-state index is 13.5. The molecule has 1 saturated carbocycles. The zero-order valence-electron chi connectivity index (χ0n) is 19.3. The third kappa shape index (κ3) is 4.08. The van der Waals surface area contributed by atoms with E-state index in [1.54, 1.807) is 0 Å². The van der Waals surface area contributed by atoms with Crippen LogP contribution in [0.3, 0.4) is 0 Å². The summed E-state index contributed by atoms with van der Waals surface area (Å²) in [6, 6.07) is 7.47. The summed E-state index contributed by atoms with van der Waals surface area (Å²) in [5.41, 5.74) is 4.29. The molecule has 9 heteroatoms. The molecule has 0 unspecified atom stereocenters. The number of benzene rings is 1. The van der Waals surface area contributed by atoms with Crippen LogP contribution in [0.1, 0.15) is 68.2 Å². The van der Waals surface area contributed by atoms with Crippen molar-refractivity contribution in [2.75, 3.05) is 10.6 Å². The van der Waals surface area contributed by atoms with Gasteiger partial charge in [0, 0.05) is 24.2 Å². The van der Waals surface area contributed by atoms with E-state index in [2.05, 4.69) is 36.4 Å². The van der Waals surface area contributed by atoms with Gasteiger partial charge in [0.2, 0.25) is 5.91 Å². The highest BCUT2D eigenvalue weighted by Gasteiger charge is 2.30. The number of hydrogen-bond donors (Lipinski definition) is 2. The molecule has 0 bridgehead atoms. The van der Waals surface area contributed by atoms with Crippen molar-refractivity contribution < 1.29 is 9.59 Å². The molecular formula is C24H26N6O2S. The number of amides is 2. The average Bonchev–Trinajstić information content (AvgIpc) is 3.42. The van der Waals surface area contributed by atoms with E-state index in [1.807, 2.05) is 35.9 Å². The van der Waals surface area contributed by atoms with Gasteiger partial charge in [-0.05, 0) is 64.8 Å². The Morgan fingerprint density at radius 1 is 1.12 bits per heavy atom. The first-order chi connectivity index (χ1) is 15.6. The van der Waals surface area contributed by atoms with Crippen molar-refractivity contribution in [2.45, 2.75) is 58.9 Å². The molecule has 1 fully saturated rings. The third-order valence-corrected chi connectivity index (χ3v) is 6.57. The first-order valence-electron chi connectivity index (χ1n) is 11.0. The van der Waals surface area contributed by atoms with E-state index in [1.165, 1.54) is 18.3 Å². The van der Waals surface area contributed by atoms with Gasteiger partial charge in [0.15, 0.2) is 10.8 Å². The highest BCUT2D eigenvalue weighted by molar-refractivity contribution is 7.22. The molecule has 33 heavy (non-hydrogen) atoms. The van der Waals surface area contributed by atoms with E-state index in [0.717, 1.165) is 45.5 Å². The smallest absolute Gasteiger partial charge is 0.256 e. The lowest BCUT2D eigenvalue weighted by Crippen LogP contribution is -2.23. The quantitative estimate of drug-likeness (QED) is 0.434. The molecule has 0 atom stereocenters. The maximum atomic E-state index is 13.5. The van der Waals surface area contributed by atoms with E-state index in [-0.39, 0.29) is 17.4 Å². The van der Waals surface area contributed by atoms with Gasteiger partial charge in [0.25, 0.3) is 5.91 Å². The number of fused-ring (bicyclic) bond motifs is 2. The minimum Gasteiger partial charge on any atom is -0.322 e. The normalized spacial score (nSPS) is 14.1. The SMILES string of the molecule is CC(=O)Nc1nc2ccc(NC(=O)c3cc(C4CC4)nc4c3c(C)nn4C(C)(C)C)cc2s1. The monoisotopic (exact) mass is 462 g/mol. The largest absolute Gasteiger partial charge is 0.322 e. The van der Waals surface area contributed by atoms with E-state index in [4.69, 9.17) is 10.1 Å². The third-order valence-electron chi connectivity index (χ3n) is 5.64. The van der Waals surface area contributed by atoms with Crippen molar-refractivity contribution in [2.24, 2.45) is 0 Å². The van der Waals surface area contributed by atoms with Crippen LogP contribution < -0.4 is 10.6 Å². The molecule has 3 heterocycles. The number of nitrogens with zero attached hydrogens (tertiary/aromatic N) is 4. The van der Waals surface area contributed by atoms with E-state index >= 15 is 0 Å². The standard InChI is InChI=1S/C24H26N6O2S/c1-12-20-16(11-18(14-6-7-14)27-21(20)30(29-12)24(3,4)5)22(32)26-15-8-9-17-19(10-15)33-23(28-17)25-13(2)31/h8-11,14H,6-7H2,1-5H3,(H,26,32)(H,25,28,31). The number of rotatable bonds is 4. The number of aryl methyl sites for hydroxylation is 1. The van der Waals surface area contributed by atoms with Crippen LogP contribution in [0.4, 0.5) is 10.8 Å². The van der Waals surface area contributed by atoms with Crippen LogP contribution in [0.5, 0.6) is 0 Å². The molecule has 0 aliphatic heterocycles. The summed E-state index contributed by atoms with van der Waals surface area (Å²) < 4.78 is 2.81. The second-order valence-electron chi connectivity index (χ2n) is 9.57. The summed E-state index contributed by atoms with van der Waals surface area (Å²) in [7, 11) is 0. The second kappa shape index (κ2) is 7.62. The summed E-state index contributed by atoms with van der Waals surface area (Å²) in [6.45, 7) is 9.64. The van der Waals surface area contributed by atoms with Crippen LogP contribution in [0, 0.1) is 6.92 Å². The predicted molar refractivity (Wildman–Crippen MR) is 131 cm³/mol. The van der Waals surface area contributed by atoms with Crippen LogP contribution in [0.25, 0.3) is 21.3 Å². The molecule has 0 spiro atoms. The van der Waals surface area contributed by atoms with Crippen LogP contribution in [-0.2, 0) is 10.3 Å². The van der Waals surface area contributed by atoms with Gasteiger partial charge >= 0.3 is 0 Å². The molecule has 1 aromatic carbocycles. The van der Waals surface area contributed by atoms with Crippen molar-refractivity contribution in [1.29, 1.82) is 0 Å². The van der Waals surface area contributed by atoms with Gasteiger partial charge in [-0.1, -0.05) is 11.3 Å². The molecule has 1 aliphatic rings. The zero-order valence-corrected chi connectivity index (χ0v) is 20.1. The number of carbonyl (C=O) groups is 2. The van der Waals surface area contributed by atoms with Crippen molar-refractivity contribution in [3.05, 3.63) is 41.2 Å². The Hall–Kier alpha value is -3.33. The molecular weight excluding hydrogens is 436 g/mol. The number of pyridine rings is 1. The lowest BCUT2D eigenvalue weighted by Gasteiger charge is -2.20. The van der Waals surface area contributed by atoms with Gasteiger partial charge in [-0.3, -0.25) is 9.59 Å². The van der Waals surface area contributed by atoms with Crippen molar-refractivity contribution in [1.82, 2.24) is 19.7 Å². The van der Waals surface area contributed by atoms with Crippen LogP contribution in [0.15, 0.2) is 24.3 Å². The minimum atomic E-state index is -0.252. The molecule has 0 radical (unpaired) electrons. The molecule has 3 aromatic heterocycles. The Kier molecular flexibility index (Phi) is 4.97. The fraction of sp³-hybridized carbons (Fsp3) is 0.375. The van der Waals surface area contributed by atoms with Gasteiger partial charge in [-0.2, -0.15) is 5.10 Å². The summed E-state index contributed by atoms with van der Waals surface area (Å²) in [5.74, 6) is 0.0547. The summed E-state index contributed by atoms with van der Waals surface area (Å²) in [5, 5.41) is 11.8. The van der Waals surface area contributed by atoms with Crippen LogP contribution >= 0.6 is 11.3 Å². The molecule has 8 nitrogen and oxygen atoms in total. The van der Waals surface area contributed by atoms with Crippen molar-refractivity contribution in [3.63, 3.8) is 0 Å².